The van der Waals surface area contributed by atoms with Crippen LogP contribution in [0.4, 0.5) is 0 Å². The van der Waals surface area contributed by atoms with E-state index in [9.17, 15) is 0 Å². The topological polar surface area (TPSA) is 0 Å². The summed E-state index contributed by atoms with van der Waals surface area (Å²) in [6.07, 6.45) is 8.96. The van der Waals surface area contributed by atoms with Crippen LogP contribution in [-0.2, 0) is 6.16 Å². The fraction of sp³-hybridized carbons (Fsp3) is 0.429. The van der Waals surface area contributed by atoms with Gasteiger partial charge in [-0.1, -0.05) is 83.3 Å². The lowest BCUT2D eigenvalue weighted by atomic mass is 9.97. The second-order valence-electron chi connectivity index (χ2n) is 7.63. The van der Waals surface area contributed by atoms with Crippen LogP contribution >= 0.6 is 16.5 Å². The molecule has 3 rings (SSSR count). The predicted molar refractivity (Wildman–Crippen MR) is 109 cm³/mol. The third-order valence-corrected chi connectivity index (χ3v) is 10.8. The van der Waals surface area contributed by atoms with Gasteiger partial charge in [0.05, 0.1) is 0 Å². The first-order valence-electron chi connectivity index (χ1n) is 8.50. The molecular weight excluding hydrogens is 314 g/mol. The van der Waals surface area contributed by atoms with Crippen molar-refractivity contribution in [1.29, 1.82) is 0 Å². The smallest absolute Gasteiger partial charge is 0.0158 e. The minimum atomic E-state index is -0.0351. The highest BCUT2D eigenvalue weighted by molar-refractivity contribution is 7.60. The van der Waals surface area contributed by atoms with Gasteiger partial charge in [0.15, 0.2) is 0 Å². The average molecular weight is 342 g/mol. The van der Waals surface area contributed by atoms with Gasteiger partial charge >= 0.3 is 0 Å². The van der Waals surface area contributed by atoms with Gasteiger partial charge in [0, 0.05) is 11.3 Å². The highest BCUT2D eigenvalue weighted by Gasteiger charge is 2.44. The second kappa shape index (κ2) is 6.66. The lowest BCUT2D eigenvalue weighted by molar-refractivity contribution is 0.763. The third-order valence-electron chi connectivity index (χ3n) is 5.05. The summed E-state index contributed by atoms with van der Waals surface area (Å²) < 4.78 is 0. The van der Waals surface area contributed by atoms with Gasteiger partial charge in [-0.25, -0.2) is 0 Å². The van der Waals surface area contributed by atoms with Crippen molar-refractivity contribution in [1.82, 2.24) is 0 Å². The average Bonchev–Trinajstić information content (AvgIpc) is 3.05. The summed E-state index contributed by atoms with van der Waals surface area (Å²) >= 11 is 0. The maximum Gasteiger partial charge on any atom is 0.0158 e. The van der Waals surface area contributed by atoms with Crippen LogP contribution < -0.4 is 0 Å². The van der Waals surface area contributed by atoms with E-state index >= 15 is 0 Å². The van der Waals surface area contributed by atoms with Gasteiger partial charge < -0.3 is 0 Å². The summed E-state index contributed by atoms with van der Waals surface area (Å²) in [5.41, 5.74) is 7.91. The van der Waals surface area contributed by atoms with Crippen LogP contribution in [0.1, 0.15) is 44.5 Å². The maximum atomic E-state index is 3.86. The summed E-state index contributed by atoms with van der Waals surface area (Å²) in [7, 11) is 1.00. The Morgan fingerprint density at radius 1 is 1.26 bits per heavy atom. The summed E-state index contributed by atoms with van der Waals surface area (Å²) in [5.74, 6) is 0. The molecule has 0 spiro atoms. The highest BCUT2D eigenvalue weighted by atomic mass is 31.1. The van der Waals surface area contributed by atoms with Crippen molar-refractivity contribution >= 4 is 16.5 Å². The molecule has 0 fully saturated rings. The predicted octanol–water partition coefficient (Wildman–Crippen LogP) is 6.64. The fourth-order valence-corrected chi connectivity index (χ4v) is 9.69. The Morgan fingerprint density at radius 3 is 2.70 bits per heavy atom. The molecule has 0 bridgehead atoms. The van der Waals surface area contributed by atoms with Crippen molar-refractivity contribution < 1.29 is 0 Å². The molecule has 0 aliphatic carbocycles. The Balaban J connectivity index is 2.04. The van der Waals surface area contributed by atoms with E-state index in [1.165, 1.54) is 12.3 Å². The number of benzene rings is 1. The molecule has 0 N–H and O–H groups in total. The van der Waals surface area contributed by atoms with Crippen molar-refractivity contribution in [2.45, 2.75) is 50.3 Å². The molecule has 0 radical (unpaired) electrons. The van der Waals surface area contributed by atoms with E-state index in [1.54, 1.807) is 22.3 Å². The monoisotopic (exact) mass is 342 g/mol. The molecule has 122 valence electrons. The van der Waals surface area contributed by atoms with Crippen molar-refractivity contribution in [2.24, 2.45) is 0 Å². The molecule has 0 saturated heterocycles. The van der Waals surface area contributed by atoms with Crippen LogP contribution in [0.5, 0.6) is 0 Å². The quantitative estimate of drug-likeness (QED) is 0.426. The normalized spacial score (nSPS) is 28.8. The summed E-state index contributed by atoms with van der Waals surface area (Å²) in [5, 5.41) is 0.410. The van der Waals surface area contributed by atoms with Gasteiger partial charge in [-0.3, -0.25) is 0 Å². The summed E-state index contributed by atoms with van der Waals surface area (Å²) in [6, 6.07) is 9.22. The lowest BCUT2D eigenvalue weighted by Crippen LogP contribution is -2.19. The molecule has 2 heteroatoms. The number of hydrogen-bond donors (Lipinski definition) is 0. The molecule has 23 heavy (non-hydrogen) atoms. The number of rotatable bonds is 3. The second-order valence-corrected chi connectivity index (χ2v) is 12.2. The van der Waals surface area contributed by atoms with Crippen molar-refractivity contribution in [3.8, 4) is 0 Å². The Morgan fingerprint density at radius 2 is 2.00 bits per heavy atom. The van der Waals surface area contributed by atoms with Gasteiger partial charge in [0.2, 0.25) is 0 Å². The van der Waals surface area contributed by atoms with Gasteiger partial charge in [0.25, 0.3) is 0 Å². The molecule has 4 atom stereocenters. The number of allylic oxidation sites excluding steroid dienone is 5. The third kappa shape index (κ3) is 3.26. The number of hydrogen-bond acceptors (Lipinski definition) is 0. The zero-order valence-electron chi connectivity index (χ0n) is 14.8. The largest absolute Gasteiger partial charge is 0.109 e. The Labute approximate surface area is 144 Å². The van der Waals surface area contributed by atoms with E-state index in [4.69, 9.17) is 0 Å². The van der Waals surface area contributed by atoms with Gasteiger partial charge in [-0.05, 0) is 41.1 Å². The van der Waals surface area contributed by atoms with Crippen molar-refractivity contribution in [3.05, 3.63) is 71.3 Å². The molecule has 0 saturated carbocycles. The van der Waals surface area contributed by atoms with Crippen LogP contribution in [0.15, 0.2) is 60.2 Å². The van der Waals surface area contributed by atoms with Gasteiger partial charge in [0.1, 0.15) is 0 Å². The molecule has 0 aromatic heterocycles. The molecule has 2 aliphatic heterocycles. The van der Waals surface area contributed by atoms with Crippen LogP contribution in [0.2, 0.25) is 0 Å². The first-order valence-corrected chi connectivity index (χ1v) is 11.4. The Bertz CT molecular complexity index is 661. The summed E-state index contributed by atoms with van der Waals surface area (Å²) in [6.45, 7) is 13.5. The zero-order valence-corrected chi connectivity index (χ0v) is 16.7. The number of fused-ring (bicyclic) bond motifs is 1. The van der Waals surface area contributed by atoms with Crippen LogP contribution in [-0.4, -0.2) is 17.0 Å². The minimum Gasteiger partial charge on any atom is -0.109 e. The van der Waals surface area contributed by atoms with Crippen LogP contribution in [0, 0.1) is 0 Å². The van der Waals surface area contributed by atoms with Crippen molar-refractivity contribution in [3.63, 3.8) is 0 Å². The standard InChI is InChI=1S/C21H28P2/c1-6-7-11-17-15(2)13-22-19(17)20-18-12-9-8-10-16(18)14-23(20)21(3,4)5/h6-12,19-20,22H,1,13-14H2,2-5H3/b11-7-. The summed E-state index contributed by atoms with van der Waals surface area (Å²) in [4.78, 5) is 0. The Kier molecular flexibility index (Phi) is 4.96. The minimum absolute atomic E-state index is 0.0351. The van der Waals surface area contributed by atoms with E-state index in [2.05, 4.69) is 70.7 Å². The molecule has 0 amide bonds. The highest BCUT2D eigenvalue weighted by Crippen LogP contribution is 2.71. The molecule has 2 aliphatic rings. The van der Waals surface area contributed by atoms with E-state index < -0.39 is 0 Å². The molecule has 2 heterocycles. The van der Waals surface area contributed by atoms with E-state index in [0.717, 1.165) is 19.9 Å². The fourth-order valence-electron chi connectivity index (χ4n) is 3.87. The first-order chi connectivity index (χ1) is 10.9. The molecule has 1 aromatic carbocycles. The van der Waals surface area contributed by atoms with Crippen LogP contribution in [0.25, 0.3) is 0 Å². The maximum absolute atomic E-state index is 3.86. The molecule has 1 aromatic rings. The first kappa shape index (κ1) is 17.1. The van der Waals surface area contributed by atoms with Crippen LogP contribution in [0.3, 0.4) is 0 Å². The van der Waals surface area contributed by atoms with E-state index in [0.29, 0.717) is 5.16 Å². The van der Waals surface area contributed by atoms with E-state index in [-0.39, 0.29) is 7.92 Å². The molecular formula is C21H28P2. The molecule has 4 unspecified atom stereocenters. The van der Waals surface area contributed by atoms with E-state index in [1.807, 2.05) is 6.08 Å². The lowest BCUT2D eigenvalue weighted by Gasteiger charge is -2.37. The van der Waals surface area contributed by atoms with Gasteiger partial charge in [-0.15, -0.1) is 8.58 Å². The Hall–Kier alpha value is -0.700. The molecule has 0 nitrogen and oxygen atoms in total. The van der Waals surface area contributed by atoms with Crippen molar-refractivity contribution in [2.75, 3.05) is 6.16 Å². The SMILES string of the molecule is C=C/C=C\C1=C(C)CPC1C1c2ccccc2CP1C(C)(C)C. The zero-order chi connectivity index (χ0) is 16.6. The van der Waals surface area contributed by atoms with Gasteiger partial charge in [-0.2, -0.15) is 0 Å².